The first-order valence-corrected chi connectivity index (χ1v) is 6.96. The number of aromatic nitrogens is 1. The number of hydrogen-bond donors (Lipinski definition) is 1. The van der Waals surface area contributed by atoms with Crippen LogP contribution in [0.15, 0.2) is 41.3 Å². The Balaban J connectivity index is 1.96. The van der Waals surface area contributed by atoms with Crippen molar-refractivity contribution < 1.29 is 13.2 Å². The molecule has 0 saturated carbocycles. The highest BCUT2D eigenvalue weighted by atomic mass is 19.4. The second-order valence-corrected chi connectivity index (χ2v) is 5.38. The van der Waals surface area contributed by atoms with Crippen molar-refractivity contribution in [2.75, 3.05) is 7.05 Å². The number of nitrogens with zero attached hydrogens (tertiary/aromatic N) is 4. The van der Waals surface area contributed by atoms with E-state index in [-0.39, 0.29) is 6.17 Å². The highest BCUT2D eigenvalue weighted by molar-refractivity contribution is 5.81. The summed E-state index contributed by atoms with van der Waals surface area (Å²) in [6.45, 7) is 0. The van der Waals surface area contributed by atoms with E-state index in [9.17, 15) is 13.2 Å². The maximum Gasteiger partial charge on any atom is 0.410 e. The fourth-order valence-electron chi connectivity index (χ4n) is 2.71. The molecule has 0 radical (unpaired) electrons. The summed E-state index contributed by atoms with van der Waals surface area (Å²) in [5.74, 6) is 0. The smallest absolute Gasteiger partial charge is 0.367 e. The van der Waals surface area contributed by atoms with Gasteiger partial charge in [0.1, 0.15) is 12.2 Å². The first kappa shape index (κ1) is 15.2. The number of rotatable bonds is 3. The summed E-state index contributed by atoms with van der Waals surface area (Å²) in [7, 11) is 1.86. The van der Waals surface area contributed by atoms with Crippen molar-refractivity contribution in [2.24, 2.45) is 4.99 Å². The molecule has 3 rings (SSSR count). The van der Waals surface area contributed by atoms with Gasteiger partial charge in [0.15, 0.2) is 0 Å². The van der Waals surface area contributed by atoms with Crippen molar-refractivity contribution in [1.29, 1.82) is 5.26 Å². The number of fused-ring (bicyclic) bond motifs is 1. The molecule has 1 aromatic heterocycles. The minimum absolute atomic E-state index is 0.0663. The van der Waals surface area contributed by atoms with Crippen LogP contribution in [-0.2, 0) is 0 Å². The first-order chi connectivity index (χ1) is 10.9. The molecule has 0 spiro atoms. The molecule has 3 heterocycles. The molecule has 0 amide bonds. The minimum atomic E-state index is -4.47. The zero-order chi connectivity index (χ0) is 16.6. The van der Waals surface area contributed by atoms with E-state index in [1.165, 1.54) is 12.4 Å². The maximum absolute atomic E-state index is 13.1. The van der Waals surface area contributed by atoms with Gasteiger partial charge in [0.25, 0.3) is 0 Å². The second kappa shape index (κ2) is 5.50. The molecule has 0 aromatic carbocycles. The van der Waals surface area contributed by atoms with Crippen LogP contribution in [0.5, 0.6) is 0 Å². The number of aliphatic imine (C=N–C) groups is 1. The Kier molecular flexibility index (Phi) is 3.64. The van der Waals surface area contributed by atoms with Gasteiger partial charge in [0, 0.05) is 30.6 Å². The summed E-state index contributed by atoms with van der Waals surface area (Å²) >= 11 is 0. The van der Waals surface area contributed by atoms with Crippen LogP contribution in [0.3, 0.4) is 0 Å². The van der Waals surface area contributed by atoms with E-state index in [0.29, 0.717) is 11.3 Å². The summed E-state index contributed by atoms with van der Waals surface area (Å²) in [6.07, 6.45) is 2.85. The van der Waals surface area contributed by atoms with Gasteiger partial charge in [-0.25, -0.2) is 4.99 Å². The van der Waals surface area contributed by atoms with Gasteiger partial charge in [-0.05, 0) is 18.3 Å². The van der Waals surface area contributed by atoms with Crippen LogP contribution in [0.2, 0.25) is 0 Å². The molecular weight excluding hydrogens is 307 g/mol. The van der Waals surface area contributed by atoms with Crippen molar-refractivity contribution >= 4 is 12.0 Å². The third kappa shape index (κ3) is 2.70. The number of nitriles is 1. The molecule has 1 aromatic rings. The molecule has 2 aliphatic heterocycles. The zero-order valence-electron chi connectivity index (χ0n) is 12.2. The number of likely N-dealkylation sites (N-methyl/N-ethyl adjacent to an activating group) is 1. The first-order valence-electron chi connectivity index (χ1n) is 6.96. The van der Waals surface area contributed by atoms with Crippen LogP contribution in [0, 0.1) is 11.3 Å². The quantitative estimate of drug-likeness (QED) is 0.931. The monoisotopic (exact) mass is 321 g/mol. The fraction of sp³-hybridized carbons (Fsp3) is 0.333. The van der Waals surface area contributed by atoms with Gasteiger partial charge in [-0.2, -0.15) is 18.4 Å². The molecular formula is C15H14F3N5. The molecule has 0 saturated heterocycles. The molecule has 1 N–H and O–H groups in total. The van der Waals surface area contributed by atoms with E-state index in [1.807, 2.05) is 18.0 Å². The molecule has 23 heavy (non-hydrogen) atoms. The summed E-state index contributed by atoms with van der Waals surface area (Å²) in [5, 5.41) is 11.8. The maximum atomic E-state index is 13.1. The molecule has 8 heteroatoms. The van der Waals surface area contributed by atoms with Gasteiger partial charge < -0.3 is 14.8 Å². The lowest BCUT2D eigenvalue weighted by Gasteiger charge is -2.28. The number of nitrogens with one attached hydrogen (secondary N) is 1. The third-order valence-corrected chi connectivity index (χ3v) is 3.87. The minimum Gasteiger partial charge on any atom is -0.367 e. The molecule has 0 aliphatic carbocycles. The predicted molar refractivity (Wildman–Crippen MR) is 79.0 cm³/mol. The molecule has 2 atom stereocenters. The molecule has 5 nitrogen and oxygen atoms in total. The Morgan fingerprint density at radius 1 is 1.48 bits per heavy atom. The summed E-state index contributed by atoms with van der Waals surface area (Å²) < 4.78 is 40.2. The Morgan fingerprint density at radius 3 is 2.96 bits per heavy atom. The molecule has 120 valence electrons. The van der Waals surface area contributed by atoms with Crippen molar-refractivity contribution in [3.63, 3.8) is 0 Å². The Bertz CT molecular complexity index is 735. The van der Waals surface area contributed by atoms with E-state index >= 15 is 0 Å². The number of alkyl halides is 3. The summed E-state index contributed by atoms with van der Waals surface area (Å²) in [5.41, 5.74) is 2.12. The van der Waals surface area contributed by atoms with Crippen molar-refractivity contribution in [2.45, 2.75) is 24.8 Å². The Labute approximate surface area is 131 Å². The Hall–Kier alpha value is -2.69. The van der Waals surface area contributed by atoms with Crippen molar-refractivity contribution in [1.82, 2.24) is 14.8 Å². The zero-order valence-corrected chi connectivity index (χ0v) is 12.2. The largest absolute Gasteiger partial charge is 0.410 e. The number of halogens is 3. The lowest BCUT2D eigenvalue weighted by molar-refractivity contribution is -0.166. The summed E-state index contributed by atoms with van der Waals surface area (Å²) in [4.78, 5) is 6.21. The van der Waals surface area contributed by atoms with Crippen LogP contribution < -0.4 is 5.32 Å². The van der Waals surface area contributed by atoms with Crippen molar-refractivity contribution in [3.05, 3.63) is 41.9 Å². The molecule has 2 aliphatic rings. The average molecular weight is 321 g/mol. The third-order valence-electron chi connectivity index (χ3n) is 3.87. The summed E-state index contributed by atoms with van der Waals surface area (Å²) in [6, 6.07) is 1.33. The molecule has 0 fully saturated rings. The van der Waals surface area contributed by atoms with E-state index in [0.717, 1.165) is 10.1 Å². The standard InChI is InChI=1S/C15H14F3N5/c1-22-9-21-13(11-3-6-20-14(11)22)10-4-7-23(8-10)12(2-5-19)15(16,17)18/h3-4,6-9,12,14,20H,2H2,1H3/t12-,14?/m0/s1. The van der Waals surface area contributed by atoms with Crippen molar-refractivity contribution in [3.8, 4) is 6.07 Å². The van der Waals surface area contributed by atoms with E-state index in [2.05, 4.69) is 10.3 Å². The van der Waals surface area contributed by atoms with Gasteiger partial charge >= 0.3 is 6.18 Å². The van der Waals surface area contributed by atoms with E-state index in [4.69, 9.17) is 5.26 Å². The Morgan fingerprint density at radius 2 is 2.26 bits per heavy atom. The molecule has 1 unspecified atom stereocenters. The van der Waals surface area contributed by atoms with Crippen LogP contribution in [0.4, 0.5) is 13.2 Å². The number of hydrogen-bond acceptors (Lipinski definition) is 4. The SMILES string of the molecule is CN1C=NC(c2ccn([C@@H](CC#N)C(F)(F)F)c2)=C2C=CNC21. The van der Waals surface area contributed by atoms with E-state index < -0.39 is 18.6 Å². The predicted octanol–water partition coefficient (Wildman–Crippen LogP) is 2.63. The van der Waals surface area contributed by atoms with Crippen LogP contribution in [0.25, 0.3) is 5.70 Å². The highest BCUT2D eigenvalue weighted by Crippen LogP contribution is 2.35. The van der Waals surface area contributed by atoms with Gasteiger partial charge in [-0.15, -0.1) is 0 Å². The topological polar surface area (TPSA) is 56.4 Å². The molecule has 0 bridgehead atoms. The van der Waals surface area contributed by atoms with Crippen LogP contribution >= 0.6 is 0 Å². The van der Waals surface area contributed by atoms with Gasteiger partial charge in [0.2, 0.25) is 0 Å². The normalized spacial score (nSPS) is 21.2. The lowest BCUT2D eigenvalue weighted by Crippen LogP contribution is -2.40. The van der Waals surface area contributed by atoms with Gasteiger partial charge in [-0.3, -0.25) is 0 Å². The van der Waals surface area contributed by atoms with Gasteiger partial charge in [-0.1, -0.05) is 0 Å². The van der Waals surface area contributed by atoms with E-state index in [1.54, 1.807) is 24.7 Å². The van der Waals surface area contributed by atoms with Gasteiger partial charge in [0.05, 0.1) is 24.5 Å². The highest BCUT2D eigenvalue weighted by Gasteiger charge is 2.40. The average Bonchev–Trinajstić information content (AvgIpc) is 3.13. The van der Waals surface area contributed by atoms with Crippen LogP contribution in [0.1, 0.15) is 18.0 Å². The lowest BCUT2D eigenvalue weighted by atomic mass is 10.1. The fourth-order valence-corrected chi connectivity index (χ4v) is 2.71. The van der Waals surface area contributed by atoms with Crippen LogP contribution in [-0.4, -0.2) is 35.2 Å². The second-order valence-electron chi connectivity index (χ2n) is 5.38.